The minimum Gasteiger partial charge on any atom is -0.479 e. The second kappa shape index (κ2) is 8.75. The molecule has 1 aliphatic rings. The number of nitrogens with one attached hydrogen (secondary N) is 1. The van der Waals surface area contributed by atoms with E-state index in [4.69, 9.17) is 39.5 Å². The van der Waals surface area contributed by atoms with E-state index >= 15 is 0 Å². The van der Waals surface area contributed by atoms with Gasteiger partial charge in [-0.2, -0.15) is 0 Å². The van der Waals surface area contributed by atoms with Gasteiger partial charge in [0.05, 0.1) is 5.02 Å². The fourth-order valence-electron chi connectivity index (χ4n) is 4.12. The average Bonchev–Trinajstić information content (AvgIpc) is 3.02. The smallest absolute Gasteiger partial charge is 0.185 e. The molecule has 0 atom stereocenters. The summed E-state index contributed by atoms with van der Waals surface area (Å²) in [6.45, 7) is 0. The van der Waals surface area contributed by atoms with Crippen molar-refractivity contribution in [3.8, 4) is 11.1 Å². The van der Waals surface area contributed by atoms with Gasteiger partial charge in [-0.25, -0.2) is 4.39 Å². The van der Waals surface area contributed by atoms with Crippen LogP contribution in [0.25, 0.3) is 11.1 Å². The molecule has 6 heteroatoms. The van der Waals surface area contributed by atoms with Gasteiger partial charge in [-0.15, -0.1) is 0 Å². The van der Waals surface area contributed by atoms with Crippen LogP contribution in [-0.2, 0) is 10.3 Å². The molecule has 0 aromatic heterocycles. The summed E-state index contributed by atoms with van der Waals surface area (Å²) < 4.78 is 20.3. The molecular formula is C27H17Cl3FNO. The van der Waals surface area contributed by atoms with E-state index in [2.05, 4.69) is 5.32 Å². The Morgan fingerprint density at radius 3 is 1.88 bits per heavy atom. The van der Waals surface area contributed by atoms with Crippen LogP contribution in [0.1, 0.15) is 16.7 Å². The topological polar surface area (TPSA) is 21.3 Å². The first-order valence-electron chi connectivity index (χ1n) is 10.2. The molecule has 1 N–H and O–H groups in total. The van der Waals surface area contributed by atoms with Gasteiger partial charge >= 0.3 is 0 Å². The highest BCUT2D eigenvalue weighted by Crippen LogP contribution is 2.46. The van der Waals surface area contributed by atoms with Crippen LogP contribution in [-0.4, -0.2) is 0 Å². The Balaban J connectivity index is 1.80. The predicted molar refractivity (Wildman–Crippen MR) is 133 cm³/mol. The van der Waals surface area contributed by atoms with Crippen molar-refractivity contribution >= 4 is 40.5 Å². The van der Waals surface area contributed by atoms with Crippen LogP contribution in [0.3, 0.4) is 0 Å². The molecule has 0 saturated carbocycles. The first-order valence-corrected chi connectivity index (χ1v) is 11.3. The molecule has 0 amide bonds. The Labute approximate surface area is 206 Å². The van der Waals surface area contributed by atoms with Crippen molar-refractivity contribution in [2.24, 2.45) is 0 Å². The quantitative estimate of drug-likeness (QED) is 0.306. The number of hydrogen-bond donors (Lipinski definition) is 1. The van der Waals surface area contributed by atoms with E-state index in [1.807, 2.05) is 66.7 Å². The van der Waals surface area contributed by atoms with Crippen LogP contribution in [0, 0.1) is 5.82 Å². The molecule has 0 saturated heterocycles. The molecule has 0 aliphatic carbocycles. The molecule has 164 valence electrons. The normalized spacial score (nSPS) is 14.1. The number of anilines is 1. The Morgan fingerprint density at radius 2 is 1.27 bits per heavy atom. The maximum absolute atomic E-state index is 13.8. The lowest BCUT2D eigenvalue weighted by atomic mass is 9.78. The van der Waals surface area contributed by atoms with Gasteiger partial charge in [0.25, 0.3) is 0 Å². The van der Waals surface area contributed by atoms with E-state index in [0.29, 0.717) is 10.0 Å². The number of fused-ring (bicyclic) bond motifs is 1. The molecule has 0 bridgehead atoms. The fraction of sp³-hybridized carbons (Fsp3) is 0.0370. The number of hydrogen-bond acceptors (Lipinski definition) is 2. The van der Waals surface area contributed by atoms with Crippen LogP contribution in [0.2, 0.25) is 15.1 Å². The highest BCUT2D eigenvalue weighted by Gasteiger charge is 2.41. The van der Waals surface area contributed by atoms with E-state index in [-0.39, 0.29) is 5.02 Å². The second-order valence-corrected chi connectivity index (χ2v) is 8.93. The van der Waals surface area contributed by atoms with Crippen LogP contribution in [0.15, 0.2) is 97.4 Å². The number of halogens is 4. The van der Waals surface area contributed by atoms with Crippen LogP contribution >= 0.6 is 34.8 Å². The molecular weight excluding hydrogens is 480 g/mol. The lowest BCUT2D eigenvalue weighted by molar-refractivity contribution is 0.1000. The summed E-state index contributed by atoms with van der Waals surface area (Å²) in [5, 5.41) is 4.62. The van der Waals surface area contributed by atoms with E-state index in [9.17, 15) is 4.39 Å². The molecule has 33 heavy (non-hydrogen) atoms. The third-order valence-corrected chi connectivity index (χ3v) is 6.50. The van der Waals surface area contributed by atoms with Gasteiger partial charge < -0.3 is 10.1 Å². The molecule has 1 aliphatic heterocycles. The predicted octanol–water partition coefficient (Wildman–Crippen LogP) is 8.66. The van der Waals surface area contributed by atoms with Crippen molar-refractivity contribution in [3.63, 3.8) is 0 Å². The van der Waals surface area contributed by atoms with Crippen molar-refractivity contribution in [1.29, 1.82) is 0 Å². The van der Waals surface area contributed by atoms with Crippen molar-refractivity contribution in [2.45, 2.75) is 5.60 Å². The van der Waals surface area contributed by atoms with E-state index < -0.39 is 11.4 Å². The molecule has 0 spiro atoms. The lowest BCUT2D eigenvalue weighted by Crippen LogP contribution is -2.31. The molecule has 1 heterocycles. The molecule has 5 rings (SSSR count). The maximum atomic E-state index is 13.8. The van der Waals surface area contributed by atoms with E-state index in [0.717, 1.165) is 33.5 Å². The molecule has 0 unspecified atom stereocenters. The molecule has 4 aromatic carbocycles. The molecule has 0 radical (unpaired) electrons. The monoisotopic (exact) mass is 495 g/mol. The van der Waals surface area contributed by atoms with Gasteiger partial charge in [0.2, 0.25) is 0 Å². The second-order valence-electron chi connectivity index (χ2n) is 7.65. The zero-order valence-corrected chi connectivity index (χ0v) is 19.4. The van der Waals surface area contributed by atoms with Crippen molar-refractivity contribution in [2.75, 3.05) is 5.32 Å². The Bertz CT molecular complexity index is 1310. The first-order chi connectivity index (χ1) is 16.0. The standard InChI is InChI=1S/C27H17Cl3FNO/c28-21-7-3-19(4-8-21)27(20-5-9-22(29)10-6-20)23-15-17(2-12-26(23)32-13-14-33-27)18-1-11-25(31)24(30)16-18/h1-16,32H. The van der Waals surface area contributed by atoms with Gasteiger partial charge in [0, 0.05) is 38.6 Å². The SMILES string of the molecule is Fc1ccc(-c2ccc3c(c2)C(c2ccc(Cl)cc2)(c2ccc(Cl)cc2)OC=CN3)cc1Cl. The third kappa shape index (κ3) is 3.97. The summed E-state index contributed by atoms with van der Waals surface area (Å²) in [6, 6.07) is 25.8. The first kappa shape index (κ1) is 21.8. The Kier molecular flexibility index (Phi) is 5.79. The van der Waals surface area contributed by atoms with Crippen molar-refractivity contribution < 1.29 is 9.13 Å². The average molecular weight is 497 g/mol. The minimum atomic E-state index is -0.996. The number of rotatable bonds is 3. The zero-order valence-electron chi connectivity index (χ0n) is 17.2. The number of ether oxygens (including phenoxy) is 1. The van der Waals surface area contributed by atoms with Crippen LogP contribution in [0.5, 0.6) is 0 Å². The van der Waals surface area contributed by atoms with Gasteiger partial charge in [-0.3, -0.25) is 0 Å². The van der Waals surface area contributed by atoms with Crippen molar-refractivity contribution in [1.82, 2.24) is 0 Å². The summed E-state index contributed by atoms with van der Waals surface area (Å²) >= 11 is 18.5. The third-order valence-electron chi connectivity index (χ3n) is 5.70. The summed E-state index contributed by atoms with van der Waals surface area (Å²) in [5.74, 6) is -0.457. The highest BCUT2D eigenvalue weighted by molar-refractivity contribution is 6.31. The van der Waals surface area contributed by atoms with E-state index in [1.54, 1.807) is 24.6 Å². The molecule has 0 fully saturated rings. The van der Waals surface area contributed by atoms with Crippen LogP contribution in [0.4, 0.5) is 10.1 Å². The summed E-state index contributed by atoms with van der Waals surface area (Å²) in [6.07, 6.45) is 3.39. The summed E-state index contributed by atoms with van der Waals surface area (Å²) in [4.78, 5) is 0. The maximum Gasteiger partial charge on any atom is 0.185 e. The fourth-order valence-corrected chi connectivity index (χ4v) is 4.56. The van der Waals surface area contributed by atoms with Gasteiger partial charge in [0.15, 0.2) is 5.60 Å². The van der Waals surface area contributed by atoms with E-state index in [1.165, 1.54) is 6.07 Å². The van der Waals surface area contributed by atoms with Gasteiger partial charge in [-0.1, -0.05) is 71.2 Å². The lowest BCUT2D eigenvalue weighted by Gasteiger charge is -2.35. The Morgan fingerprint density at radius 1 is 0.697 bits per heavy atom. The van der Waals surface area contributed by atoms with Gasteiger partial charge in [-0.05, 0) is 59.7 Å². The summed E-state index contributed by atoms with van der Waals surface area (Å²) in [7, 11) is 0. The molecule has 4 aromatic rings. The van der Waals surface area contributed by atoms with Crippen molar-refractivity contribution in [3.05, 3.63) is 135 Å². The highest BCUT2D eigenvalue weighted by atomic mass is 35.5. The number of benzene rings is 4. The zero-order chi connectivity index (χ0) is 23.0. The molecule has 2 nitrogen and oxygen atoms in total. The van der Waals surface area contributed by atoms with Gasteiger partial charge in [0.1, 0.15) is 12.1 Å². The largest absolute Gasteiger partial charge is 0.479 e. The van der Waals surface area contributed by atoms with Crippen LogP contribution < -0.4 is 5.32 Å². The Hall–Kier alpha value is -2.98. The minimum absolute atomic E-state index is 0.0696. The summed E-state index contributed by atoms with van der Waals surface area (Å²) in [5.41, 5.74) is 4.18.